The fourth-order valence-electron chi connectivity index (χ4n) is 1.75. The Bertz CT molecular complexity index is 459. The number of carbonyl (C=O) groups is 2. The highest BCUT2D eigenvalue weighted by molar-refractivity contribution is 5.97. The highest BCUT2D eigenvalue weighted by atomic mass is 16.5. The summed E-state index contributed by atoms with van der Waals surface area (Å²) < 4.78 is 5.18. The molecule has 0 atom stereocenters. The molecule has 90 valence electrons. The fourth-order valence-corrected chi connectivity index (χ4v) is 1.75. The van der Waals surface area contributed by atoms with E-state index in [1.54, 1.807) is 18.2 Å². The van der Waals surface area contributed by atoms with Crippen molar-refractivity contribution in [2.24, 2.45) is 5.92 Å². The Kier molecular flexibility index (Phi) is 3.27. The van der Waals surface area contributed by atoms with Crippen molar-refractivity contribution in [2.45, 2.75) is 26.7 Å². The third-order valence-corrected chi connectivity index (χ3v) is 2.99. The largest absolute Gasteiger partial charge is 0.462 e. The summed E-state index contributed by atoms with van der Waals surface area (Å²) >= 11 is 0. The summed E-state index contributed by atoms with van der Waals surface area (Å²) in [6.07, 6.45) is 2.32. The molecular weight excluding hydrogens is 216 g/mol. The van der Waals surface area contributed by atoms with Crippen molar-refractivity contribution in [3.63, 3.8) is 0 Å². The molecule has 1 aliphatic carbocycles. The number of Topliss-reactive ketones (excluding diaryl/α,β-unsaturated/α-hetero) is 1. The topological polar surface area (TPSA) is 43.4 Å². The summed E-state index contributed by atoms with van der Waals surface area (Å²) in [5.41, 5.74) is 2.00. The quantitative estimate of drug-likeness (QED) is 0.592. The van der Waals surface area contributed by atoms with E-state index in [9.17, 15) is 9.59 Å². The third-order valence-electron chi connectivity index (χ3n) is 2.99. The lowest BCUT2D eigenvalue weighted by molar-refractivity contribution is 0.0485. The molecule has 0 unspecified atom stereocenters. The number of ether oxygens (including phenoxy) is 1. The lowest BCUT2D eigenvalue weighted by atomic mass is 10.0. The van der Waals surface area contributed by atoms with Gasteiger partial charge >= 0.3 is 5.97 Å². The van der Waals surface area contributed by atoms with Crippen LogP contribution in [0.1, 0.15) is 46.0 Å². The van der Waals surface area contributed by atoms with Crippen molar-refractivity contribution in [2.75, 3.05) is 6.61 Å². The predicted molar refractivity (Wildman–Crippen MR) is 64.2 cm³/mol. The molecule has 3 heteroatoms. The second kappa shape index (κ2) is 4.70. The lowest BCUT2D eigenvalue weighted by Crippen LogP contribution is -2.08. The van der Waals surface area contributed by atoms with Gasteiger partial charge in [-0.15, -0.1) is 0 Å². The molecule has 0 aromatic heterocycles. The summed E-state index contributed by atoms with van der Waals surface area (Å²) in [5, 5.41) is 0. The van der Waals surface area contributed by atoms with E-state index in [0.29, 0.717) is 23.7 Å². The molecule has 0 heterocycles. The smallest absolute Gasteiger partial charge is 0.338 e. The Labute approximate surface area is 101 Å². The molecule has 0 spiro atoms. The van der Waals surface area contributed by atoms with Gasteiger partial charge in [-0.1, -0.05) is 6.07 Å². The van der Waals surface area contributed by atoms with Crippen LogP contribution in [0.2, 0.25) is 0 Å². The van der Waals surface area contributed by atoms with Crippen LogP contribution in [0.15, 0.2) is 18.2 Å². The van der Waals surface area contributed by atoms with Gasteiger partial charge in [0.2, 0.25) is 0 Å². The monoisotopic (exact) mass is 232 g/mol. The Balaban J connectivity index is 2.07. The molecule has 1 saturated carbocycles. The number of rotatable bonds is 4. The third kappa shape index (κ3) is 2.93. The van der Waals surface area contributed by atoms with Crippen LogP contribution in [-0.2, 0) is 4.74 Å². The average Bonchev–Trinajstić information content (AvgIpc) is 3.09. The van der Waals surface area contributed by atoms with E-state index in [1.165, 1.54) is 6.92 Å². The number of esters is 1. The molecule has 0 amide bonds. The predicted octanol–water partition coefficient (Wildman–Crippen LogP) is 2.76. The molecule has 0 aliphatic heterocycles. The van der Waals surface area contributed by atoms with Crippen molar-refractivity contribution in [3.8, 4) is 0 Å². The Hall–Kier alpha value is -1.64. The van der Waals surface area contributed by atoms with Crippen LogP contribution in [0.25, 0.3) is 0 Å². The van der Waals surface area contributed by atoms with E-state index in [1.807, 2.05) is 6.92 Å². The zero-order chi connectivity index (χ0) is 12.4. The molecular formula is C14H16O3. The van der Waals surface area contributed by atoms with Gasteiger partial charge in [-0.05, 0) is 50.3 Å². The Morgan fingerprint density at radius 2 is 2.06 bits per heavy atom. The second-order valence-corrected chi connectivity index (χ2v) is 4.63. The van der Waals surface area contributed by atoms with Crippen LogP contribution in [-0.4, -0.2) is 18.4 Å². The Morgan fingerprint density at radius 3 is 2.59 bits per heavy atom. The molecule has 3 nitrogen and oxygen atoms in total. The number of hydrogen-bond donors (Lipinski definition) is 0. The Morgan fingerprint density at radius 1 is 1.35 bits per heavy atom. The average molecular weight is 232 g/mol. The van der Waals surface area contributed by atoms with Crippen molar-refractivity contribution < 1.29 is 14.3 Å². The lowest BCUT2D eigenvalue weighted by Gasteiger charge is -2.06. The van der Waals surface area contributed by atoms with E-state index in [0.717, 1.165) is 18.4 Å². The zero-order valence-electron chi connectivity index (χ0n) is 10.2. The van der Waals surface area contributed by atoms with Gasteiger partial charge in [0.15, 0.2) is 5.78 Å². The van der Waals surface area contributed by atoms with Crippen LogP contribution in [0.3, 0.4) is 0 Å². The minimum atomic E-state index is -0.296. The minimum Gasteiger partial charge on any atom is -0.462 e. The summed E-state index contributed by atoms with van der Waals surface area (Å²) in [6.45, 7) is 3.87. The first-order valence-corrected chi connectivity index (χ1v) is 5.86. The van der Waals surface area contributed by atoms with Crippen LogP contribution >= 0.6 is 0 Å². The molecule has 0 bridgehead atoms. The molecule has 1 aliphatic rings. The highest BCUT2D eigenvalue weighted by Crippen LogP contribution is 2.29. The van der Waals surface area contributed by atoms with Crippen molar-refractivity contribution >= 4 is 11.8 Å². The number of ketones is 1. The van der Waals surface area contributed by atoms with E-state index in [4.69, 9.17) is 4.74 Å². The van der Waals surface area contributed by atoms with Crippen LogP contribution in [0.5, 0.6) is 0 Å². The summed E-state index contributed by atoms with van der Waals surface area (Å²) in [4.78, 5) is 23.0. The first-order valence-electron chi connectivity index (χ1n) is 5.86. The summed E-state index contributed by atoms with van der Waals surface area (Å²) in [7, 11) is 0. The molecule has 1 aromatic rings. The maximum absolute atomic E-state index is 11.7. The number of aryl methyl sites for hydroxylation is 1. The SMILES string of the molecule is CC(=O)c1ccc(C(=O)OCC2CC2)cc1C. The molecule has 0 saturated heterocycles. The van der Waals surface area contributed by atoms with Crippen LogP contribution in [0.4, 0.5) is 0 Å². The van der Waals surface area contributed by atoms with Crippen molar-refractivity contribution in [1.29, 1.82) is 0 Å². The van der Waals surface area contributed by atoms with Crippen molar-refractivity contribution in [1.82, 2.24) is 0 Å². The van der Waals surface area contributed by atoms with Crippen molar-refractivity contribution in [3.05, 3.63) is 34.9 Å². The van der Waals surface area contributed by atoms with Gasteiger partial charge in [-0.2, -0.15) is 0 Å². The first-order chi connectivity index (χ1) is 8.08. The number of hydrogen-bond acceptors (Lipinski definition) is 3. The van der Waals surface area contributed by atoms with Gasteiger partial charge in [0, 0.05) is 5.56 Å². The highest BCUT2D eigenvalue weighted by Gasteiger charge is 2.23. The molecule has 1 fully saturated rings. The van der Waals surface area contributed by atoms with Gasteiger partial charge in [0.05, 0.1) is 12.2 Å². The number of carbonyl (C=O) groups excluding carboxylic acids is 2. The first kappa shape index (κ1) is 11.8. The van der Waals surface area contributed by atoms with Gasteiger partial charge < -0.3 is 4.74 Å². The van der Waals surface area contributed by atoms with E-state index in [2.05, 4.69) is 0 Å². The molecule has 0 N–H and O–H groups in total. The van der Waals surface area contributed by atoms with E-state index < -0.39 is 0 Å². The fraction of sp³-hybridized carbons (Fsp3) is 0.429. The second-order valence-electron chi connectivity index (χ2n) is 4.63. The van der Waals surface area contributed by atoms with Crippen LogP contribution < -0.4 is 0 Å². The molecule has 2 rings (SSSR count). The van der Waals surface area contributed by atoms with E-state index in [-0.39, 0.29) is 11.8 Å². The van der Waals surface area contributed by atoms with E-state index >= 15 is 0 Å². The summed E-state index contributed by atoms with van der Waals surface area (Å²) in [6, 6.07) is 5.05. The maximum Gasteiger partial charge on any atom is 0.338 e. The molecule has 17 heavy (non-hydrogen) atoms. The maximum atomic E-state index is 11.7. The van der Waals surface area contributed by atoms with Gasteiger partial charge in [0.25, 0.3) is 0 Å². The van der Waals surface area contributed by atoms with Crippen LogP contribution in [0, 0.1) is 12.8 Å². The normalized spacial score (nSPS) is 14.5. The molecule has 1 aromatic carbocycles. The standard InChI is InChI=1S/C14H16O3/c1-9-7-12(5-6-13(9)10(2)15)14(16)17-8-11-3-4-11/h5-7,11H,3-4,8H2,1-2H3. The zero-order valence-corrected chi connectivity index (χ0v) is 10.2. The molecule has 0 radical (unpaired) electrons. The summed E-state index contributed by atoms with van der Waals surface area (Å²) in [5.74, 6) is 0.284. The van der Waals surface area contributed by atoms with Gasteiger partial charge in [-0.25, -0.2) is 4.79 Å². The minimum absolute atomic E-state index is 0.0143. The number of benzene rings is 1. The van der Waals surface area contributed by atoms with Gasteiger partial charge in [0.1, 0.15) is 0 Å². The van der Waals surface area contributed by atoms with Gasteiger partial charge in [-0.3, -0.25) is 4.79 Å².